The first-order valence-corrected chi connectivity index (χ1v) is 6.18. The summed E-state index contributed by atoms with van der Waals surface area (Å²) in [6.45, 7) is 3.27. The van der Waals surface area contributed by atoms with Gasteiger partial charge in [-0.1, -0.05) is 0 Å². The Morgan fingerprint density at radius 3 is 3.00 bits per heavy atom. The summed E-state index contributed by atoms with van der Waals surface area (Å²) < 4.78 is 6.63. The third-order valence-electron chi connectivity index (χ3n) is 2.87. The van der Waals surface area contributed by atoms with Crippen molar-refractivity contribution in [1.82, 2.24) is 15.0 Å². The van der Waals surface area contributed by atoms with E-state index in [2.05, 4.69) is 4.98 Å². The average Bonchev–Trinajstić information content (AvgIpc) is 2.48. The Hall–Kier alpha value is -2.25. The molecule has 0 saturated carbocycles. The number of hydroxylamine groups is 1. The zero-order valence-corrected chi connectivity index (χ0v) is 11.0. The molecule has 7 heteroatoms. The van der Waals surface area contributed by atoms with E-state index in [9.17, 15) is 9.59 Å². The number of hydrogen-bond donors (Lipinski definition) is 2. The van der Waals surface area contributed by atoms with Gasteiger partial charge in [-0.3, -0.25) is 19.4 Å². The molecule has 0 unspecified atom stereocenters. The highest BCUT2D eigenvalue weighted by Crippen LogP contribution is 2.10. The van der Waals surface area contributed by atoms with Crippen molar-refractivity contribution in [3.8, 4) is 0 Å². The summed E-state index contributed by atoms with van der Waals surface area (Å²) in [4.78, 5) is 27.8. The van der Waals surface area contributed by atoms with Crippen LogP contribution in [0.5, 0.6) is 0 Å². The fourth-order valence-electron chi connectivity index (χ4n) is 1.83. The standard InChI is InChI=1S/C13H15N3O4/c1-2-20-6-5-16-8-14-11-4-3-9(12(17)15-19)7-10(11)13(16)18/h3-4,7-8,19H,2,5-6H2,1H3,(H,15,17). The summed E-state index contributed by atoms with van der Waals surface area (Å²) in [5.41, 5.74) is 1.98. The first-order valence-electron chi connectivity index (χ1n) is 6.18. The second-order valence-corrected chi connectivity index (χ2v) is 4.11. The van der Waals surface area contributed by atoms with Gasteiger partial charge in [0.1, 0.15) is 0 Å². The third-order valence-corrected chi connectivity index (χ3v) is 2.87. The predicted octanol–water partition coefficient (Wildman–Crippen LogP) is 0.552. The highest BCUT2D eigenvalue weighted by Gasteiger charge is 2.09. The molecule has 2 N–H and O–H groups in total. The van der Waals surface area contributed by atoms with Gasteiger partial charge in [0.15, 0.2) is 0 Å². The molecule has 0 fully saturated rings. The van der Waals surface area contributed by atoms with Crippen LogP contribution in [0.25, 0.3) is 10.9 Å². The fourth-order valence-corrected chi connectivity index (χ4v) is 1.83. The van der Waals surface area contributed by atoms with E-state index in [1.807, 2.05) is 6.92 Å². The zero-order valence-electron chi connectivity index (χ0n) is 11.0. The minimum atomic E-state index is -0.670. The summed E-state index contributed by atoms with van der Waals surface area (Å²) in [5, 5.41) is 8.94. The number of fused-ring (bicyclic) bond motifs is 1. The van der Waals surface area contributed by atoms with E-state index in [1.54, 1.807) is 6.07 Å². The van der Waals surface area contributed by atoms with E-state index in [0.717, 1.165) is 0 Å². The largest absolute Gasteiger partial charge is 0.380 e. The molecule has 0 atom stereocenters. The number of hydrogen-bond acceptors (Lipinski definition) is 5. The van der Waals surface area contributed by atoms with Gasteiger partial charge in [-0.15, -0.1) is 0 Å². The van der Waals surface area contributed by atoms with Gasteiger partial charge in [-0.25, -0.2) is 10.5 Å². The van der Waals surface area contributed by atoms with Crippen molar-refractivity contribution < 1.29 is 14.7 Å². The predicted molar refractivity (Wildman–Crippen MR) is 71.7 cm³/mol. The van der Waals surface area contributed by atoms with E-state index in [0.29, 0.717) is 30.7 Å². The molecule has 0 bridgehead atoms. The molecule has 1 heterocycles. The third kappa shape index (κ3) is 2.84. The maximum atomic E-state index is 12.3. The van der Waals surface area contributed by atoms with Gasteiger partial charge in [-0.2, -0.15) is 0 Å². The Kier molecular flexibility index (Phi) is 4.44. The molecule has 106 valence electrons. The summed E-state index contributed by atoms with van der Waals surface area (Å²) in [6.07, 6.45) is 1.45. The molecular formula is C13H15N3O4. The lowest BCUT2D eigenvalue weighted by molar-refractivity contribution is 0.0706. The first kappa shape index (κ1) is 14.2. The lowest BCUT2D eigenvalue weighted by Crippen LogP contribution is -2.24. The maximum Gasteiger partial charge on any atom is 0.274 e. The van der Waals surface area contributed by atoms with Crippen molar-refractivity contribution in [3.63, 3.8) is 0 Å². The van der Waals surface area contributed by atoms with Crippen molar-refractivity contribution in [2.45, 2.75) is 13.5 Å². The number of aromatic nitrogens is 2. The van der Waals surface area contributed by atoms with Gasteiger partial charge in [0.2, 0.25) is 0 Å². The summed E-state index contributed by atoms with van der Waals surface area (Å²) in [5.74, 6) is -0.670. The Balaban J connectivity index is 2.42. The number of carbonyl (C=O) groups excluding carboxylic acids is 1. The molecule has 0 radical (unpaired) electrons. The van der Waals surface area contributed by atoms with E-state index in [-0.39, 0.29) is 11.1 Å². The summed E-state index contributed by atoms with van der Waals surface area (Å²) in [7, 11) is 0. The lowest BCUT2D eigenvalue weighted by Gasteiger charge is -2.07. The zero-order chi connectivity index (χ0) is 14.5. The lowest BCUT2D eigenvalue weighted by atomic mass is 10.1. The molecule has 2 aromatic rings. The highest BCUT2D eigenvalue weighted by atomic mass is 16.5. The molecular weight excluding hydrogens is 262 g/mol. The molecule has 1 amide bonds. The number of ether oxygens (including phenoxy) is 1. The second-order valence-electron chi connectivity index (χ2n) is 4.11. The van der Waals surface area contributed by atoms with Crippen LogP contribution >= 0.6 is 0 Å². The monoisotopic (exact) mass is 277 g/mol. The van der Waals surface area contributed by atoms with Gasteiger partial charge in [-0.05, 0) is 25.1 Å². The molecule has 0 aliphatic rings. The van der Waals surface area contributed by atoms with Crippen molar-refractivity contribution >= 4 is 16.8 Å². The van der Waals surface area contributed by atoms with E-state index in [4.69, 9.17) is 9.94 Å². The average molecular weight is 277 g/mol. The van der Waals surface area contributed by atoms with Gasteiger partial charge < -0.3 is 4.74 Å². The van der Waals surface area contributed by atoms with Crippen LogP contribution in [0.3, 0.4) is 0 Å². The van der Waals surface area contributed by atoms with Crippen molar-refractivity contribution in [3.05, 3.63) is 40.4 Å². The van der Waals surface area contributed by atoms with Crippen molar-refractivity contribution in [2.24, 2.45) is 0 Å². The van der Waals surface area contributed by atoms with Gasteiger partial charge in [0.05, 0.1) is 30.4 Å². The molecule has 7 nitrogen and oxygen atoms in total. The van der Waals surface area contributed by atoms with Crippen molar-refractivity contribution in [2.75, 3.05) is 13.2 Å². The molecule has 0 saturated heterocycles. The molecule has 20 heavy (non-hydrogen) atoms. The molecule has 0 aliphatic carbocycles. The Labute approximate surface area is 114 Å². The van der Waals surface area contributed by atoms with Crippen LogP contribution in [-0.4, -0.2) is 33.9 Å². The van der Waals surface area contributed by atoms with Crippen LogP contribution in [0.2, 0.25) is 0 Å². The van der Waals surface area contributed by atoms with Gasteiger partial charge in [0, 0.05) is 12.2 Å². The van der Waals surface area contributed by atoms with Crippen LogP contribution < -0.4 is 11.0 Å². The fraction of sp³-hybridized carbons (Fsp3) is 0.308. The molecule has 2 rings (SSSR count). The SMILES string of the molecule is CCOCCn1cnc2ccc(C(=O)NO)cc2c1=O. The smallest absolute Gasteiger partial charge is 0.274 e. The minimum absolute atomic E-state index is 0.196. The Morgan fingerprint density at radius 1 is 1.50 bits per heavy atom. The van der Waals surface area contributed by atoms with Crippen LogP contribution in [0.4, 0.5) is 0 Å². The van der Waals surface area contributed by atoms with Crippen LogP contribution in [0, 0.1) is 0 Å². The van der Waals surface area contributed by atoms with Gasteiger partial charge in [0.25, 0.3) is 11.5 Å². The van der Waals surface area contributed by atoms with Crippen molar-refractivity contribution in [1.29, 1.82) is 0 Å². The number of benzene rings is 1. The first-order chi connectivity index (χ1) is 9.67. The number of rotatable bonds is 5. The topological polar surface area (TPSA) is 93.5 Å². The van der Waals surface area contributed by atoms with Gasteiger partial charge >= 0.3 is 0 Å². The Bertz CT molecular complexity index is 681. The summed E-state index contributed by atoms with van der Waals surface area (Å²) >= 11 is 0. The number of nitrogens with zero attached hydrogens (tertiary/aromatic N) is 2. The van der Waals surface area contributed by atoms with Crippen LogP contribution in [0.15, 0.2) is 29.3 Å². The number of nitrogens with one attached hydrogen (secondary N) is 1. The second kappa shape index (κ2) is 6.27. The minimum Gasteiger partial charge on any atom is -0.380 e. The maximum absolute atomic E-state index is 12.3. The van der Waals surface area contributed by atoms with E-state index >= 15 is 0 Å². The van der Waals surface area contributed by atoms with E-state index in [1.165, 1.54) is 28.5 Å². The molecule has 1 aromatic carbocycles. The molecule has 1 aromatic heterocycles. The molecule has 0 spiro atoms. The quantitative estimate of drug-likeness (QED) is 0.473. The number of carbonyl (C=O) groups is 1. The number of amides is 1. The Morgan fingerprint density at radius 2 is 2.30 bits per heavy atom. The van der Waals surface area contributed by atoms with Crippen LogP contribution in [-0.2, 0) is 11.3 Å². The summed E-state index contributed by atoms with van der Waals surface area (Å²) in [6, 6.07) is 4.46. The normalized spacial score (nSPS) is 10.7. The van der Waals surface area contributed by atoms with Crippen LogP contribution in [0.1, 0.15) is 17.3 Å². The molecule has 0 aliphatic heterocycles. The van der Waals surface area contributed by atoms with E-state index < -0.39 is 5.91 Å². The highest BCUT2D eigenvalue weighted by molar-refractivity contribution is 5.97.